The Bertz CT molecular complexity index is 260. The monoisotopic (exact) mass is 225 g/mol. The van der Waals surface area contributed by atoms with Gasteiger partial charge in [-0.2, -0.15) is 13.2 Å². The molecule has 0 aliphatic heterocycles. The smallest absolute Gasteiger partial charge is 0.406 e. The Kier molecular flexibility index (Phi) is 3.13. The summed E-state index contributed by atoms with van der Waals surface area (Å²) in [6.45, 7) is 1.57. The lowest BCUT2D eigenvalue weighted by atomic mass is 10.1. The molecule has 15 heavy (non-hydrogen) atoms. The lowest BCUT2D eigenvalue weighted by Crippen LogP contribution is -2.49. The van der Waals surface area contributed by atoms with Crippen molar-refractivity contribution in [2.45, 2.75) is 43.9 Å². The van der Waals surface area contributed by atoms with Crippen molar-refractivity contribution in [3.63, 3.8) is 0 Å². The summed E-state index contributed by atoms with van der Waals surface area (Å²) in [4.78, 5) is 0. The molecule has 0 radical (unpaired) electrons. The van der Waals surface area contributed by atoms with Gasteiger partial charge in [0.25, 0.3) is 0 Å². The van der Waals surface area contributed by atoms with Gasteiger partial charge in [-0.1, -0.05) is 5.16 Å². The number of nitrogens with zero attached hydrogens (tertiary/aromatic N) is 1. The van der Waals surface area contributed by atoms with Crippen molar-refractivity contribution >= 4 is 5.84 Å². The van der Waals surface area contributed by atoms with Crippen molar-refractivity contribution in [3.8, 4) is 0 Å². The molecule has 1 rings (SSSR count). The van der Waals surface area contributed by atoms with Gasteiger partial charge in [0.2, 0.25) is 0 Å². The van der Waals surface area contributed by atoms with Crippen LogP contribution in [-0.2, 0) is 0 Å². The minimum Gasteiger partial charge on any atom is -0.409 e. The maximum Gasteiger partial charge on any atom is 0.406 e. The lowest BCUT2D eigenvalue weighted by Gasteiger charge is -2.24. The number of nitrogens with two attached hydrogens (primary N) is 1. The molecule has 1 aliphatic rings. The molecule has 4 N–H and O–H groups in total. The number of halogens is 3. The van der Waals surface area contributed by atoms with E-state index in [1.54, 1.807) is 6.92 Å². The molecular formula is C8H14F3N3O. The maximum absolute atomic E-state index is 12.5. The molecule has 0 aromatic carbocycles. The molecule has 7 heteroatoms. The van der Waals surface area contributed by atoms with Gasteiger partial charge in [0.05, 0.1) is 0 Å². The van der Waals surface area contributed by atoms with Gasteiger partial charge < -0.3 is 16.3 Å². The Morgan fingerprint density at radius 1 is 1.60 bits per heavy atom. The second-order valence-corrected chi connectivity index (χ2v) is 3.92. The Morgan fingerprint density at radius 3 is 2.47 bits per heavy atom. The van der Waals surface area contributed by atoms with Crippen LogP contribution in [0.5, 0.6) is 0 Å². The van der Waals surface area contributed by atoms with E-state index in [2.05, 4.69) is 10.5 Å². The van der Waals surface area contributed by atoms with Crippen molar-refractivity contribution in [2.24, 2.45) is 10.9 Å². The average Bonchev–Trinajstić information content (AvgIpc) is 2.83. The van der Waals surface area contributed by atoms with E-state index >= 15 is 0 Å². The highest BCUT2D eigenvalue weighted by Crippen LogP contribution is 2.49. The van der Waals surface area contributed by atoms with Crippen molar-refractivity contribution in [2.75, 3.05) is 0 Å². The summed E-state index contributed by atoms with van der Waals surface area (Å²) >= 11 is 0. The van der Waals surface area contributed by atoms with E-state index in [9.17, 15) is 13.2 Å². The second-order valence-electron chi connectivity index (χ2n) is 3.92. The zero-order chi connectivity index (χ0) is 11.7. The van der Waals surface area contributed by atoms with E-state index in [1.807, 2.05) is 0 Å². The zero-order valence-corrected chi connectivity index (χ0v) is 8.30. The summed E-state index contributed by atoms with van der Waals surface area (Å²) in [5.41, 5.74) is 3.45. The number of rotatable bonds is 4. The fraction of sp³-hybridized carbons (Fsp3) is 0.875. The molecule has 4 nitrogen and oxygen atoms in total. The molecule has 1 saturated carbocycles. The van der Waals surface area contributed by atoms with Crippen LogP contribution in [0.2, 0.25) is 0 Å². The van der Waals surface area contributed by atoms with Crippen LogP contribution in [0.15, 0.2) is 5.16 Å². The molecule has 0 amide bonds. The molecule has 0 heterocycles. The summed E-state index contributed by atoms with van der Waals surface area (Å²) in [5, 5.41) is 13.5. The van der Waals surface area contributed by atoms with E-state index in [4.69, 9.17) is 10.9 Å². The van der Waals surface area contributed by atoms with Crippen LogP contribution < -0.4 is 11.1 Å². The summed E-state index contributed by atoms with van der Waals surface area (Å²) in [6.07, 6.45) is -3.95. The Hall–Kier alpha value is -0.980. The molecule has 1 aliphatic carbocycles. The highest BCUT2D eigenvalue weighted by molar-refractivity contribution is 5.80. The van der Waals surface area contributed by atoms with Gasteiger partial charge in [0.1, 0.15) is 11.4 Å². The summed E-state index contributed by atoms with van der Waals surface area (Å²) in [7, 11) is 0. The van der Waals surface area contributed by atoms with Crippen molar-refractivity contribution in [1.82, 2.24) is 5.32 Å². The second kappa shape index (κ2) is 3.88. The first-order chi connectivity index (χ1) is 6.81. The first kappa shape index (κ1) is 12.1. The number of oxime groups is 1. The topological polar surface area (TPSA) is 70.6 Å². The number of hydrogen-bond acceptors (Lipinski definition) is 3. The van der Waals surface area contributed by atoms with E-state index in [0.717, 1.165) is 0 Å². The van der Waals surface area contributed by atoms with Crippen molar-refractivity contribution in [1.29, 1.82) is 0 Å². The molecule has 1 atom stereocenters. The van der Waals surface area contributed by atoms with Crippen LogP contribution in [0.1, 0.15) is 26.2 Å². The molecule has 0 saturated heterocycles. The van der Waals surface area contributed by atoms with Gasteiger partial charge in [-0.15, -0.1) is 0 Å². The number of alkyl halides is 3. The predicted molar refractivity (Wildman–Crippen MR) is 48.6 cm³/mol. The number of hydrogen-bond donors (Lipinski definition) is 3. The van der Waals surface area contributed by atoms with Gasteiger partial charge in [0.15, 0.2) is 0 Å². The molecule has 88 valence electrons. The first-order valence-corrected chi connectivity index (χ1v) is 4.61. The normalized spacial score (nSPS) is 22.5. The van der Waals surface area contributed by atoms with Crippen LogP contribution in [0.4, 0.5) is 13.2 Å². The zero-order valence-electron chi connectivity index (χ0n) is 8.30. The maximum atomic E-state index is 12.5. The van der Waals surface area contributed by atoms with E-state index in [1.165, 1.54) is 0 Å². The van der Waals surface area contributed by atoms with Gasteiger partial charge in [-0.05, 0) is 19.8 Å². The third-order valence-corrected chi connectivity index (χ3v) is 2.46. The standard InChI is InChI=1S/C8H14F3N3O/c1-5(4-6(12)14-15)13-7(2-3-7)8(9,10)11/h5,13,15H,2-4H2,1H3,(H2,12,14). The molecule has 0 aromatic rings. The first-order valence-electron chi connectivity index (χ1n) is 4.61. The van der Waals surface area contributed by atoms with E-state index in [0.29, 0.717) is 0 Å². The lowest BCUT2D eigenvalue weighted by molar-refractivity contribution is -0.167. The fourth-order valence-corrected chi connectivity index (χ4v) is 1.51. The highest BCUT2D eigenvalue weighted by Gasteiger charge is 2.63. The minimum absolute atomic E-state index is 0.0759. The van der Waals surface area contributed by atoms with E-state index in [-0.39, 0.29) is 25.1 Å². The Labute approximate surface area is 85.3 Å². The summed E-state index contributed by atoms with van der Waals surface area (Å²) in [5.74, 6) is -0.0759. The molecule has 0 spiro atoms. The van der Waals surface area contributed by atoms with Crippen LogP contribution in [-0.4, -0.2) is 28.8 Å². The molecule has 0 aromatic heterocycles. The Balaban J connectivity index is 2.49. The van der Waals surface area contributed by atoms with Gasteiger partial charge >= 0.3 is 6.18 Å². The average molecular weight is 225 g/mol. The van der Waals surface area contributed by atoms with Gasteiger partial charge in [0, 0.05) is 12.5 Å². The molecule has 1 unspecified atom stereocenters. The van der Waals surface area contributed by atoms with Gasteiger partial charge in [-0.3, -0.25) is 0 Å². The predicted octanol–water partition coefficient (Wildman–Crippen LogP) is 1.20. The fourth-order valence-electron chi connectivity index (χ4n) is 1.51. The third-order valence-electron chi connectivity index (χ3n) is 2.46. The highest BCUT2D eigenvalue weighted by atomic mass is 19.4. The van der Waals surface area contributed by atoms with Crippen LogP contribution in [0.25, 0.3) is 0 Å². The third kappa shape index (κ3) is 2.74. The van der Waals surface area contributed by atoms with Gasteiger partial charge in [-0.25, -0.2) is 0 Å². The SMILES string of the molecule is CC(CC(N)=NO)NC1(C(F)(F)F)CC1. The quantitative estimate of drug-likeness (QED) is 0.291. The minimum atomic E-state index is -4.23. The largest absolute Gasteiger partial charge is 0.409 e. The molecule has 0 bridgehead atoms. The summed E-state index contributed by atoms with van der Waals surface area (Å²) < 4.78 is 37.5. The Morgan fingerprint density at radius 2 is 2.13 bits per heavy atom. The summed E-state index contributed by atoms with van der Waals surface area (Å²) in [6, 6.07) is -0.468. The van der Waals surface area contributed by atoms with Crippen molar-refractivity contribution < 1.29 is 18.4 Å². The molecular weight excluding hydrogens is 211 g/mol. The van der Waals surface area contributed by atoms with E-state index < -0.39 is 17.8 Å². The molecule has 1 fully saturated rings. The van der Waals surface area contributed by atoms with Crippen LogP contribution in [0.3, 0.4) is 0 Å². The number of nitrogens with one attached hydrogen (secondary N) is 1. The number of amidine groups is 1. The van der Waals surface area contributed by atoms with Crippen LogP contribution in [0, 0.1) is 0 Å². The van der Waals surface area contributed by atoms with Crippen LogP contribution >= 0.6 is 0 Å². The van der Waals surface area contributed by atoms with Crippen molar-refractivity contribution in [3.05, 3.63) is 0 Å².